The monoisotopic (exact) mass is 222 g/mol. The number of rotatable bonds is 3. The summed E-state index contributed by atoms with van der Waals surface area (Å²) in [6, 6.07) is 7.10. The zero-order valence-electron chi connectivity index (χ0n) is 9.19. The number of nitrogens with two attached hydrogens (primary N) is 1. The SMILES string of the molecule is CNC(=O)C(OC(N)=O)c1ccc(C)cc1. The lowest BCUT2D eigenvalue weighted by Gasteiger charge is -2.15. The van der Waals surface area contributed by atoms with Crippen LogP contribution < -0.4 is 11.1 Å². The standard InChI is InChI=1S/C11H14N2O3/c1-7-3-5-8(6-4-7)9(10(14)13-2)16-11(12)15/h3-6,9H,1-2H3,(H2,12,15)(H,13,14). The van der Waals surface area contributed by atoms with Gasteiger partial charge in [-0.15, -0.1) is 0 Å². The van der Waals surface area contributed by atoms with Crippen LogP contribution in [0.4, 0.5) is 4.79 Å². The van der Waals surface area contributed by atoms with E-state index < -0.39 is 18.1 Å². The first-order valence-electron chi connectivity index (χ1n) is 4.79. The van der Waals surface area contributed by atoms with E-state index in [0.717, 1.165) is 5.56 Å². The minimum Gasteiger partial charge on any atom is -0.431 e. The van der Waals surface area contributed by atoms with Crippen LogP contribution in [0.2, 0.25) is 0 Å². The fraction of sp³-hybridized carbons (Fsp3) is 0.273. The van der Waals surface area contributed by atoms with Crippen LogP contribution in [0.3, 0.4) is 0 Å². The highest BCUT2D eigenvalue weighted by Crippen LogP contribution is 2.18. The van der Waals surface area contributed by atoms with Gasteiger partial charge in [-0.2, -0.15) is 0 Å². The zero-order chi connectivity index (χ0) is 12.1. The predicted molar refractivity (Wildman–Crippen MR) is 58.7 cm³/mol. The van der Waals surface area contributed by atoms with Crippen molar-refractivity contribution in [3.05, 3.63) is 35.4 Å². The summed E-state index contributed by atoms with van der Waals surface area (Å²) < 4.78 is 4.76. The molecule has 0 heterocycles. The topological polar surface area (TPSA) is 81.4 Å². The second kappa shape index (κ2) is 5.16. The molecule has 3 N–H and O–H groups in total. The van der Waals surface area contributed by atoms with Gasteiger partial charge in [0.2, 0.25) is 6.10 Å². The second-order valence-electron chi connectivity index (χ2n) is 3.34. The zero-order valence-corrected chi connectivity index (χ0v) is 9.19. The molecule has 0 spiro atoms. The van der Waals surface area contributed by atoms with Crippen LogP contribution in [0.1, 0.15) is 17.2 Å². The molecule has 0 bridgehead atoms. The highest BCUT2D eigenvalue weighted by atomic mass is 16.6. The van der Waals surface area contributed by atoms with E-state index in [9.17, 15) is 9.59 Å². The molecule has 0 saturated heterocycles. The lowest BCUT2D eigenvalue weighted by molar-refractivity contribution is -0.129. The van der Waals surface area contributed by atoms with Crippen molar-refractivity contribution in [1.82, 2.24) is 5.32 Å². The lowest BCUT2D eigenvalue weighted by atomic mass is 10.1. The largest absolute Gasteiger partial charge is 0.431 e. The Morgan fingerprint density at radius 1 is 1.31 bits per heavy atom. The van der Waals surface area contributed by atoms with Gasteiger partial charge >= 0.3 is 6.09 Å². The van der Waals surface area contributed by atoms with E-state index in [1.807, 2.05) is 19.1 Å². The molecule has 1 atom stereocenters. The number of ether oxygens (including phenoxy) is 1. The molecule has 1 aromatic rings. The third-order valence-corrected chi connectivity index (χ3v) is 2.10. The van der Waals surface area contributed by atoms with Crippen LogP contribution in [0.15, 0.2) is 24.3 Å². The third kappa shape index (κ3) is 2.98. The van der Waals surface area contributed by atoms with Crippen LogP contribution in [0.5, 0.6) is 0 Å². The molecule has 1 rings (SSSR count). The van der Waals surface area contributed by atoms with E-state index in [-0.39, 0.29) is 0 Å². The Kier molecular flexibility index (Phi) is 3.88. The van der Waals surface area contributed by atoms with Gasteiger partial charge < -0.3 is 15.8 Å². The minimum absolute atomic E-state index is 0.414. The van der Waals surface area contributed by atoms with E-state index >= 15 is 0 Å². The Bertz CT molecular complexity index is 387. The first-order valence-corrected chi connectivity index (χ1v) is 4.79. The maximum absolute atomic E-state index is 11.5. The summed E-state index contributed by atoms with van der Waals surface area (Å²) in [5.41, 5.74) is 6.55. The summed E-state index contributed by atoms with van der Waals surface area (Å²) in [6.07, 6.45) is -1.97. The van der Waals surface area contributed by atoms with Gasteiger partial charge in [0, 0.05) is 12.6 Å². The Morgan fingerprint density at radius 2 is 1.88 bits per heavy atom. The van der Waals surface area contributed by atoms with Crippen molar-refractivity contribution in [2.45, 2.75) is 13.0 Å². The van der Waals surface area contributed by atoms with Crippen LogP contribution in [-0.4, -0.2) is 19.0 Å². The molecule has 16 heavy (non-hydrogen) atoms. The maximum atomic E-state index is 11.5. The highest BCUT2D eigenvalue weighted by molar-refractivity contribution is 5.84. The van der Waals surface area contributed by atoms with Gasteiger partial charge in [-0.3, -0.25) is 4.79 Å². The van der Waals surface area contributed by atoms with E-state index in [1.54, 1.807) is 12.1 Å². The normalized spacial score (nSPS) is 11.6. The molecular weight excluding hydrogens is 208 g/mol. The average Bonchev–Trinajstić information content (AvgIpc) is 2.26. The summed E-state index contributed by atoms with van der Waals surface area (Å²) in [7, 11) is 1.47. The first kappa shape index (κ1) is 12.0. The molecule has 5 nitrogen and oxygen atoms in total. The van der Waals surface area contributed by atoms with E-state index in [0.29, 0.717) is 5.56 Å². The molecule has 0 aromatic heterocycles. The van der Waals surface area contributed by atoms with E-state index in [2.05, 4.69) is 5.32 Å². The number of hydrogen-bond donors (Lipinski definition) is 2. The second-order valence-corrected chi connectivity index (χ2v) is 3.34. The molecule has 0 fully saturated rings. The van der Waals surface area contributed by atoms with Crippen molar-refractivity contribution in [1.29, 1.82) is 0 Å². The average molecular weight is 222 g/mol. The summed E-state index contributed by atoms with van der Waals surface area (Å²) in [5.74, 6) is -0.414. The fourth-order valence-electron chi connectivity index (χ4n) is 1.26. The Morgan fingerprint density at radius 3 is 2.31 bits per heavy atom. The van der Waals surface area contributed by atoms with Gasteiger partial charge in [-0.25, -0.2) is 4.79 Å². The molecule has 5 heteroatoms. The Labute approximate surface area is 93.6 Å². The molecule has 0 saturated carbocycles. The number of amides is 2. The number of likely N-dealkylation sites (N-methyl/N-ethyl adjacent to an activating group) is 1. The number of benzene rings is 1. The Hall–Kier alpha value is -2.04. The van der Waals surface area contributed by atoms with Crippen LogP contribution >= 0.6 is 0 Å². The summed E-state index contributed by atoms with van der Waals surface area (Å²) >= 11 is 0. The Balaban J connectivity index is 2.96. The smallest absolute Gasteiger partial charge is 0.405 e. The van der Waals surface area contributed by atoms with Crippen molar-refractivity contribution in [2.75, 3.05) is 7.05 Å². The molecule has 0 aliphatic carbocycles. The van der Waals surface area contributed by atoms with Crippen LogP contribution in [0, 0.1) is 6.92 Å². The fourth-order valence-corrected chi connectivity index (χ4v) is 1.26. The summed E-state index contributed by atoms with van der Waals surface area (Å²) in [6.45, 7) is 1.92. The number of carbonyl (C=O) groups excluding carboxylic acids is 2. The predicted octanol–water partition coefficient (Wildman–Crippen LogP) is 0.877. The maximum Gasteiger partial charge on any atom is 0.405 e. The van der Waals surface area contributed by atoms with E-state index in [4.69, 9.17) is 10.5 Å². The minimum atomic E-state index is -0.997. The van der Waals surface area contributed by atoms with Gasteiger partial charge in [0.25, 0.3) is 5.91 Å². The van der Waals surface area contributed by atoms with E-state index in [1.165, 1.54) is 7.05 Å². The van der Waals surface area contributed by atoms with Gasteiger partial charge in [-0.05, 0) is 6.92 Å². The number of aryl methyl sites for hydroxylation is 1. The summed E-state index contributed by atoms with van der Waals surface area (Å²) in [5, 5.41) is 2.41. The van der Waals surface area contributed by atoms with Crippen LogP contribution in [-0.2, 0) is 9.53 Å². The van der Waals surface area contributed by atoms with Crippen molar-refractivity contribution in [3.8, 4) is 0 Å². The van der Waals surface area contributed by atoms with Gasteiger partial charge in [0.1, 0.15) is 0 Å². The molecular formula is C11H14N2O3. The first-order chi connectivity index (χ1) is 7.54. The molecule has 2 amide bonds. The number of primary amides is 1. The molecule has 0 radical (unpaired) electrons. The third-order valence-electron chi connectivity index (χ3n) is 2.10. The summed E-state index contributed by atoms with van der Waals surface area (Å²) in [4.78, 5) is 22.2. The van der Waals surface area contributed by atoms with Crippen molar-refractivity contribution in [3.63, 3.8) is 0 Å². The molecule has 86 valence electrons. The molecule has 0 aliphatic rings. The number of nitrogens with one attached hydrogen (secondary N) is 1. The molecule has 0 aliphatic heterocycles. The van der Waals surface area contributed by atoms with Gasteiger partial charge in [0.15, 0.2) is 0 Å². The van der Waals surface area contributed by atoms with Crippen LogP contribution in [0.25, 0.3) is 0 Å². The van der Waals surface area contributed by atoms with Crippen molar-refractivity contribution >= 4 is 12.0 Å². The number of carbonyl (C=O) groups is 2. The van der Waals surface area contributed by atoms with Gasteiger partial charge in [-0.1, -0.05) is 29.8 Å². The molecule has 1 aromatic carbocycles. The molecule has 1 unspecified atom stereocenters. The van der Waals surface area contributed by atoms with Gasteiger partial charge in [0.05, 0.1) is 0 Å². The number of hydrogen-bond acceptors (Lipinski definition) is 3. The van der Waals surface area contributed by atoms with Crippen molar-refractivity contribution in [2.24, 2.45) is 5.73 Å². The quantitative estimate of drug-likeness (QED) is 0.796. The van der Waals surface area contributed by atoms with Crippen molar-refractivity contribution < 1.29 is 14.3 Å². The highest BCUT2D eigenvalue weighted by Gasteiger charge is 2.22. The lowest BCUT2D eigenvalue weighted by Crippen LogP contribution is -2.31.